The van der Waals surface area contributed by atoms with Gasteiger partial charge in [0.15, 0.2) is 18.1 Å². The summed E-state index contributed by atoms with van der Waals surface area (Å²) in [5.41, 5.74) is 5.08. The van der Waals surface area contributed by atoms with Gasteiger partial charge in [0.25, 0.3) is 5.91 Å². The zero-order valence-electron chi connectivity index (χ0n) is 18.3. The van der Waals surface area contributed by atoms with Crippen LogP contribution in [0.1, 0.15) is 16.7 Å². The van der Waals surface area contributed by atoms with Crippen molar-refractivity contribution < 1.29 is 19.0 Å². The van der Waals surface area contributed by atoms with Crippen LogP contribution < -0.4 is 24.8 Å². The molecular formula is C25H28N2O4. The lowest BCUT2D eigenvalue weighted by molar-refractivity contribution is -0.118. The van der Waals surface area contributed by atoms with E-state index in [-0.39, 0.29) is 12.5 Å². The maximum atomic E-state index is 12.3. The average Bonchev–Trinajstić information content (AvgIpc) is 2.79. The summed E-state index contributed by atoms with van der Waals surface area (Å²) in [6, 6.07) is 19.2. The lowest BCUT2D eigenvalue weighted by Crippen LogP contribution is -2.20. The van der Waals surface area contributed by atoms with Gasteiger partial charge in [0.05, 0.1) is 14.2 Å². The van der Waals surface area contributed by atoms with E-state index in [0.29, 0.717) is 18.0 Å². The minimum Gasteiger partial charge on any atom is -0.497 e. The zero-order chi connectivity index (χ0) is 22.2. The monoisotopic (exact) mass is 420 g/mol. The molecule has 6 heteroatoms. The Labute approximate surface area is 183 Å². The fraction of sp³-hybridized carbons (Fsp3) is 0.240. The molecule has 0 saturated heterocycles. The van der Waals surface area contributed by atoms with Crippen LogP contribution in [0.15, 0.2) is 60.7 Å². The van der Waals surface area contributed by atoms with E-state index in [4.69, 9.17) is 14.2 Å². The first-order chi connectivity index (χ1) is 15.0. The topological polar surface area (TPSA) is 68.8 Å². The Bertz CT molecular complexity index is 1030. The van der Waals surface area contributed by atoms with Crippen molar-refractivity contribution in [1.29, 1.82) is 0 Å². The van der Waals surface area contributed by atoms with Crippen LogP contribution >= 0.6 is 0 Å². The second kappa shape index (κ2) is 10.4. The molecule has 6 nitrogen and oxygen atoms in total. The number of benzene rings is 3. The molecule has 0 aliphatic heterocycles. The Kier molecular flexibility index (Phi) is 7.38. The molecule has 162 valence electrons. The van der Waals surface area contributed by atoms with Crippen LogP contribution in [0.3, 0.4) is 0 Å². The highest BCUT2D eigenvalue weighted by atomic mass is 16.5. The maximum Gasteiger partial charge on any atom is 0.262 e. The van der Waals surface area contributed by atoms with Gasteiger partial charge in [0.1, 0.15) is 5.75 Å². The Balaban J connectivity index is 1.56. The van der Waals surface area contributed by atoms with Crippen LogP contribution in [0.2, 0.25) is 0 Å². The van der Waals surface area contributed by atoms with Crippen LogP contribution in [-0.4, -0.2) is 26.7 Å². The van der Waals surface area contributed by atoms with Gasteiger partial charge in [0, 0.05) is 17.9 Å². The summed E-state index contributed by atoms with van der Waals surface area (Å²) in [6.07, 6.45) is 0. The van der Waals surface area contributed by atoms with Crippen molar-refractivity contribution in [2.24, 2.45) is 0 Å². The highest BCUT2D eigenvalue weighted by Gasteiger charge is 2.10. The molecule has 0 bridgehead atoms. The Morgan fingerprint density at radius 2 is 1.55 bits per heavy atom. The molecule has 0 aliphatic carbocycles. The van der Waals surface area contributed by atoms with Crippen LogP contribution in [0.5, 0.6) is 17.2 Å². The molecular weight excluding hydrogens is 392 g/mol. The van der Waals surface area contributed by atoms with Gasteiger partial charge < -0.3 is 24.8 Å². The fourth-order valence-corrected chi connectivity index (χ4v) is 3.01. The third kappa shape index (κ3) is 6.15. The Morgan fingerprint density at radius 1 is 0.806 bits per heavy atom. The predicted molar refractivity (Wildman–Crippen MR) is 123 cm³/mol. The number of amides is 1. The summed E-state index contributed by atoms with van der Waals surface area (Å²) in [6.45, 7) is 4.56. The number of nitrogens with one attached hydrogen (secondary N) is 2. The van der Waals surface area contributed by atoms with E-state index in [2.05, 4.69) is 10.6 Å². The van der Waals surface area contributed by atoms with Crippen molar-refractivity contribution in [2.45, 2.75) is 20.4 Å². The second-order valence-corrected chi connectivity index (χ2v) is 7.20. The molecule has 31 heavy (non-hydrogen) atoms. The van der Waals surface area contributed by atoms with Gasteiger partial charge in [-0.1, -0.05) is 12.1 Å². The quantitative estimate of drug-likeness (QED) is 0.513. The molecule has 0 aromatic heterocycles. The fourth-order valence-electron chi connectivity index (χ4n) is 3.01. The Hall–Kier alpha value is -3.67. The molecule has 2 N–H and O–H groups in total. The standard InChI is InChI=1S/C25H28N2O4/c1-17-5-7-21(13-18(17)2)27-25(28)16-31-23-12-6-19(14-24(23)30-4)15-26-20-8-10-22(29-3)11-9-20/h5-14,26H,15-16H2,1-4H3,(H,27,28). The average molecular weight is 421 g/mol. The number of hydrogen-bond donors (Lipinski definition) is 2. The van der Waals surface area contributed by atoms with Crippen LogP contribution in [0.4, 0.5) is 11.4 Å². The maximum absolute atomic E-state index is 12.3. The number of carbonyl (C=O) groups excluding carboxylic acids is 1. The van der Waals surface area contributed by atoms with Crippen molar-refractivity contribution in [3.05, 3.63) is 77.4 Å². The number of anilines is 2. The third-order valence-electron chi connectivity index (χ3n) is 4.96. The van der Waals surface area contributed by atoms with Gasteiger partial charge in [0.2, 0.25) is 0 Å². The number of rotatable bonds is 9. The molecule has 3 aromatic carbocycles. The van der Waals surface area contributed by atoms with Crippen LogP contribution in [-0.2, 0) is 11.3 Å². The van der Waals surface area contributed by atoms with Crippen molar-refractivity contribution in [3.8, 4) is 17.2 Å². The number of methoxy groups -OCH3 is 2. The molecule has 0 aliphatic rings. The lowest BCUT2D eigenvalue weighted by Gasteiger charge is -2.13. The van der Waals surface area contributed by atoms with Gasteiger partial charge in [-0.3, -0.25) is 4.79 Å². The molecule has 3 aromatic rings. The number of carbonyl (C=O) groups is 1. The molecule has 3 rings (SSSR count). The summed E-state index contributed by atoms with van der Waals surface area (Å²) < 4.78 is 16.3. The van der Waals surface area contributed by atoms with E-state index in [9.17, 15) is 4.79 Å². The number of ether oxygens (including phenoxy) is 3. The first-order valence-electron chi connectivity index (χ1n) is 10.0. The van der Waals surface area contributed by atoms with Gasteiger partial charge in [-0.05, 0) is 79.1 Å². The van der Waals surface area contributed by atoms with Gasteiger partial charge in [-0.2, -0.15) is 0 Å². The second-order valence-electron chi connectivity index (χ2n) is 7.20. The van der Waals surface area contributed by atoms with E-state index in [1.807, 2.05) is 74.5 Å². The highest BCUT2D eigenvalue weighted by molar-refractivity contribution is 5.92. The minimum absolute atomic E-state index is 0.104. The first kappa shape index (κ1) is 22.0. The SMILES string of the molecule is COc1ccc(NCc2ccc(OCC(=O)Nc3ccc(C)c(C)c3)c(OC)c2)cc1. The Morgan fingerprint density at radius 3 is 2.23 bits per heavy atom. The molecule has 0 heterocycles. The smallest absolute Gasteiger partial charge is 0.262 e. The summed E-state index contributed by atoms with van der Waals surface area (Å²) in [5, 5.41) is 6.20. The summed E-state index contributed by atoms with van der Waals surface area (Å²) in [5.74, 6) is 1.68. The normalized spacial score (nSPS) is 10.3. The van der Waals surface area contributed by atoms with Crippen molar-refractivity contribution in [3.63, 3.8) is 0 Å². The molecule has 0 unspecified atom stereocenters. The van der Waals surface area contributed by atoms with Gasteiger partial charge >= 0.3 is 0 Å². The van der Waals surface area contributed by atoms with Crippen LogP contribution in [0, 0.1) is 13.8 Å². The van der Waals surface area contributed by atoms with Crippen molar-refractivity contribution in [1.82, 2.24) is 0 Å². The minimum atomic E-state index is -0.226. The molecule has 0 fully saturated rings. The summed E-state index contributed by atoms with van der Waals surface area (Å²) >= 11 is 0. The largest absolute Gasteiger partial charge is 0.497 e. The van der Waals surface area contributed by atoms with E-state index < -0.39 is 0 Å². The molecule has 1 amide bonds. The molecule has 0 spiro atoms. The first-order valence-corrected chi connectivity index (χ1v) is 10.0. The van der Waals surface area contributed by atoms with Crippen molar-refractivity contribution in [2.75, 3.05) is 31.5 Å². The summed E-state index contributed by atoms with van der Waals surface area (Å²) in [4.78, 5) is 12.3. The van der Waals surface area contributed by atoms with Gasteiger partial charge in [-0.25, -0.2) is 0 Å². The van der Waals surface area contributed by atoms with E-state index in [1.165, 1.54) is 5.56 Å². The lowest BCUT2D eigenvalue weighted by atomic mass is 10.1. The number of aryl methyl sites for hydroxylation is 2. The van der Waals surface area contributed by atoms with Crippen LogP contribution in [0.25, 0.3) is 0 Å². The highest BCUT2D eigenvalue weighted by Crippen LogP contribution is 2.28. The van der Waals surface area contributed by atoms with Gasteiger partial charge in [-0.15, -0.1) is 0 Å². The van der Waals surface area contributed by atoms with E-state index in [0.717, 1.165) is 28.3 Å². The van der Waals surface area contributed by atoms with E-state index >= 15 is 0 Å². The van der Waals surface area contributed by atoms with E-state index in [1.54, 1.807) is 14.2 Å². The van der Waals surface area contributed by atoms with Crippen molar-refractivity contribution >= 4 is 17.3 Å². The summed E-state index contributed by atoms with van der Waals surface area (Å²) in [7, 11) is 3.23. The molecule has 0 radical (unpaired) electrons. The third-order valence-corrected chi connectivity index (χ3v) is 4.96. The number of hydrogen-bond acceptors (Lipinski definition) is 5. The molecule has 0 saturated carbocycles. The zero-order valence-corrected chi connectivity index (χ0v) is 18.3. The molecule has 0 atom stereocenters. The predicted octanol–water partition coefficient (Wildman–Crippen LogP) is 4.95.